The van der Waals surface area contributed by atoms with Crippen molar-refractivity contribution in [1.29, 1.82) is 0 Å². The van der Waals surface area contributed by atoms with Gasteiger partial charge in [-0.15, -0.1) is 0 Å². The smallest absolute Gasteiger partial charge is 0.141 e. The summed E-state index contributed by atoms with van der Waals surface area (Å²) in [5.74, 6) is 1.44. The lowest BCUT2D eigenvalue weighted by molar-refractivity contribution is 0.393. The van der Waals surface area contributed by atoms with E-state index < -0.39 is 0 Å². The lowest BCUT2D eigenvalue weighted by Gasteiger charge is -2.19. The molecular weight excluding hydrogens is 337 g/mol. The number of methoxy groups -OCH3 is 1. The standard InChI is InChI=1S/C16H17BrFNO2/c1-10(19-2)16-14(20-3)5-4-6-15(16)21-11-7-8-12(17)13(18)9-11/h4-10,19H,1-3H3. The maximum Gasteiger partial charge on any atom is 0.141 e. The van der Waals surface area contributed by atoms with Gasteiger partial charge in [-0.25, -0.2) is 4.39 Å². The first-order chi connectivity index (χ1) is 10.1. The zero-order chi connectivity index (χ0) is 15.4. The third-order valence-corrected chi connectivity index (χ3v) is 3.87. The molecule has 112 valence electrons. The molecule has 3 nitrogen and oxygen atoms in total. The van der Waals surface area contributed by atoms with Gasteiger partial charge in [0.05, 0.1) is 17.1 Å². The van der Waals surface area contributed by atoms with Crippen molar-refractivity contribution in [2.24, 2.45) is 0 Å². The van der Waals surface area contributed by atoms with Gasteiger partial charge in [-0.05, 0) is 54.2 Å². The third kappa shape index (κ3) is 3.54. The molecule has 0 aliphatic carbocycles. The Bertz CT molecular complexity index is 634. The minimum absolute atomic E-state index is 0.0384. The highest BCUT2D eigenvalue weighted by atomic mass is 79.9. The van der Waals surface area contributed by atoms with Gasteiger partial charge >= 0.3 is 0 Å². The van der Waals surface area contributed by atoms with Crippen molar-refractivity contribution in [1.82, 2.24) is 5.32 Å². The topological polar surface area (TPSA) is 30.5 Å². The van der Waals surface area contributed by atoms with Crippen LogP contribution in [0.1, 0.15) is 18.5 Å². The second kappa shape index (κ2) is 6.91. The maximum absolute atomic E-state index is 13.6. The van der Waals surface area contributed by atoms with Crippen LogP contribution in [0.25, 0.3) is 0 Å². The van der Waals surface area contributed by atoms with Crippen molar-refractivity contribution in [2.75, 3.05) is 14.2 Å². The zero-order valence-electron chi connectivity index (χ0n) is 12.1. The maximum atomic E-state index is 13.6. The summed E-state index contributed by atoms with van der Waals surface area (Å²) in [6, 6.07) is 10.3. The lowest BCUT2D eigenvalue weighted by Crippen LogP contribution is -2.14. The van der Waals surface area contributed by atoms with E-state index in [1.54, 1.807) is 19.2 Å². The summed E-state index contributed by atoms with van der Waals surface area (Å²) in [5.41, 5.74) is 0.894. The van der Waals surface area contributed by atoms with Gasteiger partial charge < -0.3 is 14.8 Å². The summed E-state index contributed by atoms with van der Waals surface area (Å²) in [6.07, 6.45) is 0. The van der Waals surface area contributed by atoms with E-state index in [1.165, 1.54) is 6.07 Å². The highest BCUT2D eigenvalue weighted by Gasteiger charge is 2.16. The molecule has 2 aromatic rings. The molecule has 0 aliphatic rings. The van der Waals surface area contributed by atoms with Crippen LogP contribution >= 0.6 is 15.9 Å². The quantitative estimate of drug-likeness (QED) is 0.847. The molecule has 1 N–H and O–H groups in total. The fourth-order valence-corrected chi connectivity index (χ4v) is 2.28. The van der Waals surface area contributed by atoms with Crippen molar-refractivity contribution >= 4 is 15.9 Å². The van der Waals surface area contributed by atoms with Gasteiger partial charge in [-0.3, -0.25) is 0 Å². The number of benzene rings is 2. The van der Waals surface area contributed by atoms with E-state index in [0.29, 0.717) is 16.0 Å². The molecule has 0 heterocycles. The van der Waals surface area contributed by atoms with Crippen LogP contribution in [0.3, 0.4) is 0 Å². The van der Waals surface area contributed by atoms with Crippen molar-refractivity contribution in [3.05, 3.63) is 52.3 Å². The van der Waals surface area contributed by atoms with E-state index in [4.69, 9.17) is 9.47 Å². The molecule has 0 fully saturated rings. The molecule has 0 saturated heterocycles. The van der Waals surface area contributed by atoms with Crippen LogP contribution in [-0.4, -0.2) is 14.2 Å². The van der Waals surface area contributed by atoms with E-state index >= 15 is 0 Å². The molecule has 0 aliphatic heterocycles. The van der Waals surface area contributed by atoms with E-state index in [0.717, 1.165) is 11.3 Å². The van der Waals surface area contributed by atoms with E-state index in [2.05, 4.69) is 21.2 Å². The monoisotopic (exact) mass is 353 g/mol. The van der Waals surface area contributed by atoms with Gasteiger partial charge in [0.2, 0.25) is 0 Å². The van der Waals surface area contributed by atoms with Crippen molar-refractivity contribution < 1.29 is 13.9 Å². The van der Waals surface area contributed by atoms with Crippen LogP contribution in [0.4, 0.5) is 4.39 Å². The molecule has 2 rings (SSSR count). The SMILES string of the molecule is CNC(C)c1c(OC)cccc1Oc1ccc(Br)c(F)c1. The predicted octanol–water partition coefficient (Wildman–Crippen LogP) is 4.67. The van der Waals surface area contributed by atoms with Gasteiger partial charge in [0.1, 0.15) is 23.1 Å². The van der Waals surface area contributed by atoms with Gasteiger partial charge in [0.15, 0.2) is 0 Å². The summed E-state index contributed by atoms with van der Waals surface area (Å²) >= 11 is 3.13. The number of ether oxygens (including phenoxy) is 2. The molecule has 0 radical (unpaired) electrons. The number of hydrogen-bond donors (Lipinski definition) is 1. The average Bonchev–Trinajstić information content (AvgIpc) is 2.50. The summed E-state index contributed by atoms with van der Waals surface area (Å²) < 4.78 is 25.2. The predicted molar refractivity (Wildman–Crippen MR) is 84.6 cm³/mol. The molecule has 0 saturated carbocycles. The first kappa shape index (κ1) is 15.8. The Morgan fingerprint density at radius 2 is 1.90 bits per heavy atom. The number of halogens is 2. The van der Waals surface area contributed by atoms with Gasteiger partial charge in [0, 0.05) is 12.1 Å². The highest BCUT2D eigenvalue weighted by molar-refractivity contribution is 9.10. The Balaban J connectivity index is 2.41. The summed E-state index contributed by atoms with van der Waals surface area (Å²) in [7, 11) is 3.48. The first-order valence-corrected chi connectivity index (χ1v) is 7.33. The molecule has 0 spiro atoms. The Kier molecular flexibility index (Phi) is 5.20. The average molecular weight is 354 g/mol. The number of rotatable bonds is 5. The highest BCUT2D eigenvalue weighted by Crippen LogP contribution is 2.36. The van der Waals surface area contributed by atoms with Crippen LogP contribution in [0.5, 0.6) is 17.2 Å². The fourth-order valence-electron chi connectivity index (χ4n) is 2.03. The Morgan fingerprint density at radius 3 is 2.52 bits per heavy atom. The fraction of sp³-hybridized carbons (Fsp3) is 0.250. The van der Waals surface area contributed by atoms with Crippen LogP contribution in [0, 0.1) is 5.82 Å². The van der Waals surface area contributed by atoms with Gasteiger partial charge in [-0.2, -0.15) is 0 Å². The van der Waals surface area contributed by atoms with Crippen molar-refractivity contribution in [3.8, 4) is 17.2 Å². The molecule has 21 heavy (non-hydrogen) atoms. The molecule has 0 aromatic heterocycles. The van der Waals surface area contributed by atoms with Crippen molar-refractivity contribution in [3.63, 3.8) is 0 Å². The number of hydrogen-bond acceptors (Lipinski definition) is 3. The van der Waals surface area contributed by atoms with Gasteiger partial charge in [-0.1, -0.05) is 6.07 Å². The molecule has 0 amide bonds. The normalized spacial score (nSPS) is 12.0. The second-order valence-electron chi connectivity index (χ2n) is 4.56. The largest absolute Gasteiger partial charge is 0.496 e. The Hall–Kier alpha value is -1.59. The van der Waals surface area contributed by atoms with E-state index in [9.17, 15) is 4.39 Å². The molecule has 1 atom stereocenters. The zero-order valence-corrected chi connectivity index (χ0v) is 13.7. The summed E-state index contributed by atoms with van der Waals surface area (Å²) in [5, 5.41) is 3.16. The minimum atomic E-state index is -0.362. The lowest BCUT2D eigenvalue weighted by atomic mass is 10.1. The van der Waals surface area contributed by atoms with E-state index in [-0.39, 0.29) is 11.9 Å². The minimum Gasteiger partial charge on any atom is -0.496 e. The molecule has 1 unspecified atom stereocenters. The van der Waals surface area contributed by atoms with Crippen LogP contribution < -0.4 is 14.8 Å². The second-order valence-corrected chi connectivity index (χ2v) is 5.41. The third-order valence-electron chi connectivity index (χ3n) is 3.23. The van der Waals surface area contributed by atoms with Crippen LogP contribution in [0.2, 0.25) is 0 Å². The van der Waals surface area contributed by atoms with Crippen LogP contribution in [0.15, 0.2) is 40.9 Å². The molecular formula is C16H17BrFNO2. The Morgan fingerprint density at radius 1 is 1.19 bits per heavy atom. The van der Waals surface area contributed by atoms with E-state index in [1.807, 2.05) is 32.2 Å². The summed E-state index contributed by atoms with van der Waals surface area (Å²) in [6.45, 7) is 2.01. The molecule has 2 aromatic carbocycles. The molecule has 0 bridgehead atoms. The molecule has 5 heteroatoms. The Labute approximate surface area is 132 Å². The number of nitrogens with one attached hydrogen (secondary N) is 1. The first-order valence-electron chi connectivity index (χ1n) is 6.54. The van der Waals surface area contributed by atoms with Gasteiger partial charge in [0.25, 0.3) is 0 Å². The van der Waals surface area contributed by atoms with Crippen molar-refractivity contribution in [2.45, 2.75) is 13.0 Å². The summed E-state index contributed by atoms with van der Waals surface area (Å²) in [4.78, 5) is 0. The van der Waals surface area contributed by atoms with Crippen LogP contribution in [-0.2, 0) is 0 Å².